The maximum atomic E-state index is 11.8. The third kappa shape index (κ3) is 4.99. The molecule has 0 saturated carbocycles. The summed E-state index contributed by atoms with van der Waals surface area (Å²) in [5.74, 6) is 0.102. The average molecular weight is 270 g/mol. The zero-order valence-corrected chi connectivity index (χ0v) is 11.3. The fourth-order valence-corrected chi connectivity index (χ4v) is 1.38. The first kappa shape index (κ1) is 15.0. The lowest BCUT2D eigenvalue weighted by atomic mass is 10.4. The van der Waals surface area contributed by atoms with E-state index in [-0.39, 0.29) is 24.9 Å². The molecule has 0 bridgehead atoms. The highest BCUT2D eigenvalue weighted by molar-refractivity contribution is 5.83. The Bertz CT molecular complexity index is 430. The molecule has 0 aliphatic heterocycles. The Morgan fingerprint density at radius 2 is 2.16 bits per heavy atom. The number of rotatable bonds is 7. The largest absolute Gasteiger partial charge is 0.465 e. The molecule has 1 aromatic rings. The van der Waals surface area contributed by atoms with Gasteiger partial charge in [0.15, 0.2) is 6.61 Å². The number of hydrogen-bond donors (Lipinski definition) is 0. The molecular weight excluding hydrogens is 252 g/mol. The van der Waals surface area contributed by atoms with Crippen molar-refractivity contribution in [2.24, 2.45) is 0 Å². The molecule has 0 saturated heterocycles. The van der Waals surface area contributed by atoms with E-state index >= 15 is 0 Å². The predicted octanol–water partition coefficient (Wildman–Crippen LogP) is 0.773. The summed E-state index contributed by atoms with van der Waals surface area (Å²) in [6.07, 6.45) is 0. The van der Waals surface area contributed by atoms with Gasteiger partial charge in [-0.05, 0) is 25.9 Å². The van der Waals surface area contributed by atoms with Gasteiger partial charge in [-0.15, -0.1) is 0 Å². The van der Waals surface area contributed by atoms with E-state index in [1.165, 1.54) is 4.90 Å². The van der Waals surface area contributed by atoms with Crippen LogP contribution in [0.5, 0.6) is 5.88 Å². The Morgan fingerprint density at radius 3 is 2.68 bits per heavy atom. The van der Waals surface area contributed by atoms with Gasteiger partial charge in [-0.1, -0.05) is 0 Å². The van der Waals surface area contributed by atoms with E-state index < -0.39 is 5.97 Å². The van der Waals surface area contributed by atoms with Crippen LogP contribution >= 0.6 is 0 Å². The van der Waals surface area contributed by atoms with E-state index in [0.717, 1.165) is 0 Å². The molecule has 0 spiro atoms. The number of aromatic nitrogens is 1. The Morgan fingerprint density at radius 1 is 1.42 bits per heavy atom. The van der Waals surface area contributed by atoms with Crippen LogP contribution in [0.2, 0.25) is 0 Å². The lowest BCUT2D eigenvalue weighted by Crippen LogP contribution is -2.39. The van der Waals surface area contributed by atoms with E-state index in [4.69, 9.17) is 14.0 Å². The number of likely N-dealkylation sites (N-methyl/N-ethyl adjacent to an activating group) is 1. The van der Waals surface area contributed by atoms with Gasteiger partial charge in [0.05, 0.1) is 6.61 Å². The second-order valence-corrected chi connectivity index (χ2v) is 3.78. The van der Waals surface area contributed by atoms with Crippen molar-refractivity contribution in [2.75, 3.05) is 26.3 Å². The first-order valence-electron chi connectivity index (χ1n) is 6.06. The number of carbonyl (C=O) groups is 2. The van der Waals surface area contributed by atoms with Crippen molar-refractivity contribution >= 4 is 11.9 Å². The minimum absolute atomic E-state index is 0.0790. The molecule has 1 aromatic heterocycles. The number of nitrogens with zero attached hydrogens (tertiary/aromatic N) is 2. The molecule has 106 valence electrons. The molecule has 7 heteroatoms. The van der Waals surface area contributed by atoms with Crippen molar-refractivity contribution < 1.29 is 23.6 Å². The molecule has 19 heavy (non-hydrogen) atoms. The van der Waals surface area contributed by atoms with Crippen molar-refractivity contribution in [1.82, 2.24) is 10.1 Å². The molecular formula is C12H18N2O5. The summed E-state index contributed by atoms with van der Waals surface area (Å²) < 4.78 is 14.8. The third-order valence-electron chi connectivity index (χ3n) is 2.31. The lowest BCUT2D eigenvalue weighted by molar-refractivity contribution is -0.149. The van der Waals surface area contributed by atoms with Gasteiger partial charge in [-0.3, -0.25) is 9.59 Å². The predicted molar refractivity (Wildman–Crippen MR) is 65.6 cm³/mol. The fourth-order valence-electron chi connectivity index (χ4n) is 1.38. The lowest BCUT2D eigenvalue weighted by Gasteiger charge is -2.19. The number of aryl methyl sites for hydroxylation is 1. The van der Waals surface area contributed by atoms with Crippen LogP contribution in [0.4, 0.5) is 0 Å². The van der Waals surface area contributed by atoms with E-state index in [2.05, 4.69) is 5.16 Å². The normalized spacial score (nSPS) is 10.1. The molecule has 0 aromatic carbocycles. The quantitative estimate of drug-likeness (QED) is 0.681. The summed E-state index contributed by atoms with van der Waals surface area (Å²) in [5.41, 5.74) is 0. The van der Waals surface area contributed by atoms with Gasteiger partial charge >= 0.3 is 5.97 Å². The summed E-state index contributed by atoms with van der Waals surface area (Å²) in [5, 5.41) is 3.60. The molecule has 1 rings (SSSR count). The van der Waals surface area contributed by atoms with E-state index in [1.54, 1.807) is 26.8 Å². The summed E-state index contributed by atoms with van der Waals surface area (Å²) in [6.45, 7) is 5.63. The van der Waals surface area contributed by atoms with Crippen molar-refractivity contribution in [3.63, 3.8) is 0 Å². The molecule has 0 atom stereocenters. The van der Waals surface area contributed by atoms with Crippen molar-refractivity contribution in [1.29, 1.82) is 0 Å². The third-order valence-corrected chi connectivity index (χ3v) is 2.31. The Hall–Kier alpha value is -2.05. The van der Waals surface area contributed by atoms with Crippen LogP contribution in [0.15, 0.2) is 10.6 Å². The first-order valence-corrected chi connectivity index (χ1v) is 6.06. The molecule has 7 nitrogen and oxygen atoms in total. The van der Waals surface area contributed by atoms with Gasteiger partial charge < -0.3 is 18.9 Å². The van der Waals surface area contributed by atoms with Crippen LogP contribution in [-0.2, 0) is 14.3 Å². The van der Waals surface area contributed by atoms with Crippen LogP contribution in [0.1, 0.15) is 19.6 Å². The van der Waals surface area contributed by atoms with Crippen LogP contribution in [-0.4, -0.2) is 48.2 Å². The zero-order valence-electron chi connectivity index (χ0n) is 11.3. The summed E-state index contributed by atoms with van der Waals surface area (Å²) in [4.78, 5) is 24.5. The summed E-state index contributed by atoms with van der Waals surface area (Å²) >= 11 is 0. The zero-order chi connectivity index (χ0) is 14.3. The second kappa shape index (κ2) is 7.40. The minimum Gasteiger partial charge on any atom is -0.465 e. The molecule has 0 N–H and O–H groups in total. The number of hydrogen-bond acceptors (Lipinski definition) is 6. The Kier molecular flexibility index (Phi) is 5.84. The highest BCUT2D eigenvalue weighted by atomic mass is 16.5. The molecule has 0 aliphatic carbocycles. The standard InChI is InChI=1S/C12H18N2O5/c1-4-14(7-12(16)17-5-2)11(15)8-18-10-6-9(3)19-13-10/h6H,4-5,7-8H2,1-3H3. The topological polar surface area (TPSA) is 81.9 Å². The first-order chi connectivity index (χ1) is 9.06. The number of ether oxygens (including phenoxy) is 2. The Labute approximate surface area is 111 Å². The molecule has 0 radical (unpaired) electrons. The maximum absolute atomic E-state index is 11.8. The van der Waals surface area contributed by atoms with E-state index in [1.807, 2.05) is 0 Å². The fraction of sp³-hybridized carbons (Fsp3) is 0.583. The second-order valence-electron chi connectivity index (χ2n) is 3.78. The molecule has 0 fully saturated rings. The van der Waals surface area contributed by atoms with Crippen molar-refractivity contribution in [2.45, 2.75) is 20.8 Å². The van der Waals surface area contributed by atoms with Gasteiger partial charge in [-0.25, -0.2) is 0 Å². The SMILES string of the molecule is CCOC(=O)CN(CC)C(=O)COc1cc(C)on1. The number of amides is 1. The highest BCUT2D eigenvalue weighted by Gasteiger charge is 2.17. The van der Waals surface area contributed by atoms with Crippen LogP contribution < -0.4 is 4.74 Å². The van der Waals surface area contributed by atoms with Crippen molar-refractivity contribution in [3.8, 4) is 5.88 Å². The van der Waals surface area contributed by atoms with E-state index in [0.29, 0.717) is 18.9 Å². The molecule has 0 aliphatic rings. The van der Waals surface area contributed by atoms with Crippen LogP contribution in [0.3, 0.4) is 0 Å². The van der Waals surface area contributed by atoms with Crippen LogP contribution in [0.25, 0.3) is 0 Å². The molecule has 1 amide bonds. The van der Waals surface area contributed by atoms with Gasteiger partial charge in [0.1, 0.15) is 12.3 Å². The van der Waals surface area contributed by atoms with Gasteiger partial charge in [-0.2, -0.15) is 0 Å². The van der Waals surface area contributed by atoms with Crippen molar-refractivity contribution in [3.05, 3.63) is 11.8 Å². The summed E-state index contributed by atoms with van der Waals surface area (Å²) in [6, 6.07) is 1.58. The molecule has 1 heterocycles. The average Bonchev–Trinajstić information content (AvgIpc) is 2.79. The Balaban J connectivity index is 2.43. The van der Waals surface area contributed by atoms with Gasteiger partial charge in [0.25, 0.3) is 11.8 Å². The van der Waals surface area contributed by atoms with Gasteiger partial charge in [0, 0.05) is 12.6 Å². The van der Waals surface area contributed by atoms with Gasteiger partial charge in [0.2, 0.25) is 0 Å². The number of esters is 1. The molecule has 0 unspecified atom stereocenters. The summed E-state index contributed by atoms with van der Waals surface area (Å²) in [7, 11) is 0. The smallest absolute Gasteiger partial charge is 0.325 e. The van der Waals surface area contributed by atoms with Crippen LogP contribution in [0, 0.1) is 6.92 Å². The minimum atomic E-state index is -0.435. The maximum Gasteiger partial charge on any atom is 0.325 e. The number of carbonyl (C=O) groups excluding carboxylic acids is 2. The monoisotopic (exact) mass is 270 g/mol. The highest BCUT2D eigenvalue weighted by Crippen LogP contribution is 2.09. The van der Waals surface area contributed by atoms with E-state index in [9.17, 15) is 9.59 Å².